The number of hydrogen-bond acceptors (Lipinski definition) is 6. The van der Waals surface area contributed by atoms with Crippen molar-refractivity contribution < 1.29 is 28.8 Å². The molecule has 2 aliphatic heterocycles. The molecule has 0 aromatic carbocycles. The minimum absolute atomic E-state index is 0.264. The number of ether oxygens (including phenoxy) is 4. The van der Waals surface area contributed by atoms with E-state index >= 15 is 0 Å². The number of hydrogen-bond donors (Lipinski definition) is 1. The van der Waals surface area contributed by atoms with E-state index in [0.717, 1.165) is 0 Å². The molecule has 2 fully saturated rings. The third-order valence-corrected chi connectivity index (χ3v) is 3.17. The maximum Gasteiger partial charge on any atom is 0.337 e. The number of fused-ring (bicyclic) bond motifs is 1. The summed E-state index contributed by atoms with van der Waals surface area (Å²) in [5, 5.41) is 9.99. The summed E-state index contributed by atoms with van der Waals surface area (Å²) in [6.45, 7) is 5.33. The normalized spacial score (nSPS) is 44.2. The lowest BCUT2D eigenvalue weighted by Crippen LogP contribution is -2.55. The van der Waals surface area contributed by atoms with Gasteiger partial charge in [0.15, 0.2) is 18.2 Å². The summed E-state index contributed by atoms with van der Waals surface area (Å²) >= 11 is 0. The van der Waals surface area contributed by atoms with E-state index in [1.807, 2.05) is 0 Å². The molecule has 2 unspecified atom stereocenters. The van der Waals surface area contributed by atoms with Crippen molar-refractivity contribution in [1.82, 2.24) is 0 Å². The summed E-state index contributed by atoms with van der Waals surface area (Å²) in [5.74, 6) is -1.63. The second kappa shape index (κ2) is 4.20. The zero-order chi connectivity index (χ0) is 12.8. The zero-order valence-corrected chi connectivity index (χ0v) is 10.4. The van der Waals surface area contributed by atoms with E-state index in [0.29, 0.717) is 0 Å². The van der Waals surface area contributed by atoms with Gasteiger partial charge in [0.05, 0.1) is 13.2 Å². The van der Waals surface area contributed by atoms with Gasteiger partial charge in [-0.1, -0.05) is 6.92 Å². The first-order chi connectivity index (χ1) is 7.85. The minimum Gasteiger partial charge on any atom is -0.467 e. The third-order valence-electron chi connectivity index (χ3n) is 3.17. The summed E-state index contributed by atoms with van der Waals surface area (Å²) in [6, 6.07) is 0. The summed E-state index contributed by atoms with van der Waals surface area (Å²) in [6.07, 6.45) is -3.00. The summed E-state index contributed by atoms with van der Waals surface area (Å²) in [5.41, 5.74) is 0. The van der Waals surface area contributed by atoms with Gasteiger partial charge >= 0.3 is 5.97 Å². The molecule has 0 saturated carbocycles. The van der Waals surface area contributed by atoms with Crippen molar-refractivity contribution in [3.05, 3.63) is 0 Å². The molecule has 0 aromatic rings. The minimum atomic E-state index is -1.02. The van der Waals surface area contributed by atoms with E-state index in [1.54, 1.807) is 20.8 Å². The van der Waals surface area contributed by atoms with Crippen LogP contribution in [0, 0.1) is 5.92 Å². The molecule has 0 spiro atoms. The van der Waals surface area contributed by atoms with Gasteiger partial charge < -0.3 is 24.1 Å². The topological polar surface area (TPSA) is 74.2 Å². The van der Waals surface area contributed by atoms with Crippen LogP contribution in [0.5, 0.6) is 0 Å². The summed E-state index contributed by atoms with van der Waals surface area (Å²) in [7, 11) is 1.26. The van der Waals surface area contributed by atoms with Crippen molar-refractivity contribution in [1.29, 1.82) is 0 Å². The Hall–Kier alpha value is -0.690. The standard InChI is InChI=1S/C11H18O6/c1-5-6(12)8(9(13)14-4)15-10-7(5)16-11(2,3)17-10/h5-8,10,12H,1-4H3/t5-,6-,7?,8?,10-/m0/s1. The fraction of sp³-hybridized carbons (Fsp3) is 0.909. The van der Waals surface area contributed by atoms with E-state index in [4.69, 9.17) is 14.2 Å². The van der Waals surface area contributed by atoms with Crippen LogP contribution in [0.4, 0.5) is 0 Å². The fourth-order valence-corrected chi connectivity index (χ4v) is 2.22. The molecule has 2 saturated heterocycles. The summed E-state index contributed by atoms with van der Waals surface area (Å²) in [4.78, 5) is 11.5. The first kappa shape index (κ1) is 12.8. The second-order valence-corrected chi connectivity index (χ2v) is 4.90. The number of esters is 1. The van der Waals surface area contributed by atoms with Crippen molar-refractivity contribution in [2.75, 3.05) is 7.11 Å². The lowest BCUT2D eigenvalue weighted by atomic mass is 9.91. The highest BCUT2D eigenvalue weighted by Gasteiger charge is 2.54. The predicted molar refractivity (Wildman–Crippen MR) is 55.9 cm³/mol. The first-order valence-electron chi connectivity index (χ1n) is 5.63. The SMILES string of the molecule is COC(=O)C1O[C@H]2OC(C)(C)OC2[C@@H](C)[C@@H]1O. The Morgan fingerprint density at radius 3 is 2.59 bits per heavy atom. The third kappa shape index (κ3) is 2.18. The van der Waals surface area contributed by atoms with Crippen LogP contribution < -0.4 is 0 Å². The lowest BCUT2D eigenvalue weighted by Gasteiger charge is -2.37. The maximum atomic E-state index is 11.5. The van der Waals surface area contributed by atoms with E-state index in [9.17, 15) is 9.90 Å². The molecule has 2 aliphatic rings. The average Bonchev–Trinajstić information content (AvgIpc) is 2.57. The number of methoxy groups -OCH3 is 1. The van der Waals surface area contributed by atoms with Crippen LogP contribution in [0.15, 0.2) is 0 Å². The molecule has 5 atom stereocenters. The van der Waals surface area contributed by atoms with Gasteiger partial charge in [-0.3, -0.25) is 0 Å². The number of aliphatic hydroxyl groups is 1. The van der Waals surface area contributed by atoms with Gasteiger partial charge in [0.25, 0.3) is 0 Å². The lowest BCUT2D eigenvalue weighted by molar-refractivity contribution is -0.242. The Bertz CT molecular complexity index is 315. The first-order valence-corrected chi connectivity index (χ1v) is 5.63. The molecule has 98 valence electrons. The van der Waals surface area contributed by atoms with Crippen molar-refractivity contribution in [2.24, 2.45) is 5.92 Å². The molecular formula is C11H18O6. The smallest absolute Gasteiger partial charge is 0.337 e. The molecule has 1 N–H and O–H groups in total. The molecule has 17 heavy (non-hydrogen) atoms. The molecule has 0 bridgehead atoms. The Morgan fingerprint density at radius 2 is 2.00 bits per heavy atom. The molecule has 6 nitrogen and oxygen atoms in total. The van der Waals surface area contributed by atoms with Crippen molar-refractivity contribution in [3.63, 3.8) is 0 Å². The number of rotatable bonds is 1. The van der Waals surface area contributed by atoms with Gasteiger partial charge in [-0.15, -0.1) is 0 Å². The molecule has 0 aliphatic carbocycles. The van der Waals surface area contributed by atoms with Gasteiger partial charge in [-0.2, -0.15) is 0 Å². The van der Waals surface area contributed by atoms with Crippen LogP contribution in [0.3, 0.4) is 0 Å². The van der Waals surface area contributed by atoms with Crippen LogP contribution in [0.25, 0.3) is 0 Å². The quantitative estimate of drug-likeness (QED) is 0.658. The number of aliphatic hydroxyl groups excluding tert-OH is 1. The Balaban J connectivity index is 2.16. The highest BCUT2D eigenvalue weighted by Crippen LogP contribution is 2.39. The van der Waals surface area contributed by atoms with Crippen LogP contribution >= 0.6 is 0 Å². The van der Waals surface area contributed by atoms with Crippen LogP contribution in [0.2, 0.25) is 0 Å². The van der Waals surface area contributed by atoms with E-state index in [-0.39, 0.29) is 12.0 Å². The Morgan fingerprint density at radius 1 is 1.35 bits per heavy atom. The molecule has 0 amide bonds. The predicted octanol–water partition coefficient (Wildman–Crippen LogP) is 0.0328. The van der Waals surface area contributed by atoms with Gasteiger partial charge in [0.1, 0.15) is 6.10 Å². The van der Waals surface area contributed by atoms with Gasteiger partial charge in [-0.25, -0.2) is 4.79 Å². The molecule has 2 heterocycles. The second-order valence-electron chi connectivity index (χ2n) is 4.90. The zero-order valence-electron chi connectivity index (χ0n) is 10.4. The Kier molecular flexibility index (Phi) is 3.15. The molecule has 2 rings (SSSR count). The largest absolute Gasteiger partial charge is 0.467 e. The molecule has 6 heteroatoms. The highest BCUT2D eigenvalue weighted by atomic mass is 16.8. The molecular weight excluding hydrogens is 228 g/mol. The van der Waals surface area contributed by atoms with Crippen molar-refractivity contribution in [3.8, 4) is 0 Å². The number of carbonyl (C=O) groups is 1. The molecule has 0 radical (unpaired) electrons. The van der Waals surface area contributed by atoms with Crippen molar-refractivity contribution in [2.45, 2.75) is 51.2 Å². The monoisotopic (exact) mass is 246 g/mol. The highest BCUT2D eigenvalue weighted by molar-refractivity contribution is 5.75. The van der Waals surface area contributed by atoms with E-state index in [2.05, 4.69) is 4.74 Å². The Labute approximate surface area is 99.8 Å². The fourth-order valence-electron chi connectivity index (χ4n) is 2.22. The van der Waals surface area contributed by atoms with Crippen LogP contribution in [0.1, 0.15) is 20.8 Å². The molecule has 0 aromatic heterocycles. The van der Waals surface area contributed by atoms with E-state index < -0.39 is 30.3 Å². The van der Waals surface area contributed by atoms with Crippen molar-refractivity contribution >= 4 is 5.97 Å². The van der Waals surface area contributed by atoms with Gasteiger partial charge in [0.2, 0.25) is 0 Å². The van der Waals surface area contributed by atoms with E-state index in [1.165, 1.54) is 7.11 Å². The average molecular weight is 246 g/mol. The van der Waals surface area contributed by atoms with Gasteiger partial charge in [-0.05, 0) is 13.8 Å². The number of carbonyl (C=O) groups excluding carboxylic acids is 1. The maximum absolute atomic E-state index is 11.5. The van der Waals surface area contributed by atoms with Gasteiger partial charge in [0, 0.05) is 5.92 Å². The van der Waals surface area contributed by atoms with Crippen LogP contribution in [-0.2, 0) is 23.7 Å². The van der Waals surface area contributed by atoms with Crippen LogP contribution in [-0.4, -0.2) is 48.6 Å². The summed E-state index contributed by atoms with van der Waals surface area (Å²) < 4.78 is 21.2.